The molecule has 0 amide bonds. The zero-order chi connectivity index (χ0) is 11.5. The lowest BCUT2D eigenvalue weighted by Gasteiger charge is -2.27. The fourth-order valence-electron chi connectivity index (χ4n) is 2.12. The number of alkyl halides is 1. The van der Waals surface area contributed by atoms with Gasteiger partial charge in [0.2, 0.25) is 0 Å². The van der Waals surface area contributed by atoms with E-state index in [9.17, 15) is 8.78 Å². The minimum absolute atomic E-state index is 0.258. The summed E-state index contributed by atoms with van der Waals surface area (Å²) in [4.78, 5) is 0.258. The average Bonchev–Trinajstić information content (AvgIpc) is 2.19. The van der Waals surface area contributed by atoms with Gasteiger partial charge in [-0.15, -0.1) is 0 Å². The summed E-state index contributed by atoms with van der Waals surface area (Å²) in [6.07, 6.45) is 5.52. The number of rotatable bonds is 4. The summed E-state index contributed by atoms with van der Waals surface area (Å²) in [6.45, 7) is 0. The Morgan fingerprint density at radius 1 is 1.31 bits per heavy atom. The highest BCUT2D eigenvalue weighted by Crippen LogP contribution is 2.33. The molecule has 0 saturated heterocycles. The Kier molecular flexibility index (Phi) is 3.95. The second kappa shape index (κ2) is 5.26. The van der Waals surface area contributed by atoms with Gasteiger partial charge in [-0.3, -0.25) is 0 Å². The molecule has 1 aliphatic rings. The molecule has 1 fully saturated rings. The maximum Gasteiger partial charge on any atom is 0.162 e. The van der Waals surface area contributed by atoms with Crippen LogP contribution >= 0.6 is 15.9 Å². The van der Waals surface area contributed by atoms with Crippen LogP contribution in [-0.4, -0.2) is 4.83 Å². The van der Waals surface area contributed by atoms with Gasteiger partial charge in [0.25, 0.3) is 0 Å². The van der Waals surface area contributed by atoms with E-state index >= 15 is 0 Å². The third-order valence-electron chi connectivity index (χ3n) is 3.29. The summed E-state index contributed by atoms with van der Waals surface area (Å²) >= 11 is 3.56. The van der Waals surface area contributed by atoms with Gasteiger partial charge in [-0.1, -0.05) is 47.3 Å². The van der Waals surface area contributed by atoms with Gasteiger partial charge in [0.05, 0.1) is 0 Å². The highest BCUT2D eigenvalue weighted by Gasteiger charge is 2.21. The van der Waals surface area contributed by atoms with Crippen molar-refractivity contribution in [3.63, 3.8) is 0 Å². The molecule has 88 valence electrons. The van der Waals surface area contributed by atoms with Crippen LogP contribution in [0.25, 0.3) is 0 Å². The Morgan fingerprint density at radius 2 is 2.06 bits per heavy atom. The van der Waals surface area contributed by atoms with Crippen LogP contribution in [0.4, 0.5) is 8.78 Å². The maximum absolute atomic E-state index is 13.4. The molecule has 0 N–H and O–H groups in total. The molecule has 0 spiro atoms. The Morgan fingerprint density at radius 3 is 2.69 bits per heavy atom. The van der Waals surface area contributed by atoms with Crippen molar-refractivity contribution in [2.24, 2.45) is 5.92 Å². The van der Waals surface area contributed by atoms with Gasteiger partial charge in [-0.25, -0.2) is 8.78 Å². The van der Waals surface area contributed by atoms with E-state index in [2.05, 4.69) is 15.9 Å². The molecule has 0 aromatic heterocycles. The minimum Gasteiger partial charge on any atom is -0.204 e. The van der Waals surface area contributed by atoms with Crippen molar-refractivity contribution in [2.75, 3.05) is 0 Å². The molecule has 1 aliphatic carbocycles. The van der Waals surface area contributed by atoms with E-state index in [4.69, 9.17) is 0 Å². The van der Waals surface area contributed by atoms with E-state index in [1.54, 1.807) is 12.1 Å². The molecule has 0 radical (unpaired) electrons. The molecule has 1 unspecified atom stereocenters. The fraction of sp³-hybridized carbons (Fsp3) is 0.538. The van der Waals surface area contributed by atoms with Crippen molar-refractivity contribution >= 4 is 15.9 Å². The van der Waals surface area contributed by atoms with Crippen LogP contribution in [-0.2, 0) is 6.42 Å². The van der Waals surface area contributed by atoms with Crippen molar-refractivity contribution in [1.82, 2.24) is 0 Å². The summed E-state index contributed by atoms with van der Waals surface area (Å²) in [5, 5.41) is 0. The second-order valence-corrected chi connectivity index (χ2v) is 5.84. The predicted octanol–water partition coefficient (Wildman–Crippen LogP) is 4.46. The van der Waals surface area contributed by atoms with Crippen LogP contribution in [0.1, 0.15) is 31.2 Å². The first-order valence-corrected chi connectivity index (χ1v) is 6.65. The van der Waals surface area contributed by atoms with Crippen molar-refractivity contribution in [3.8, 4) is 0 Å². The molecular formula is C13H15BrF2. The smallest absolute Gasteiger partial charge is 0.162 e. The third kappa shape index (κ3) is 2.82. The summed E-state index contributed by atoms with van der Waals surface area (Å²) in [5.41, 5.74) is 0.473. The summed E-state index contributed by atoms with van der Waals surface area (Å²) in [5.74, 6) is -0.664. The lowest BCUT2D eigenvalue weighted by atomic mass is 9.81. The molecule has 1 atom stereocenters. The van der Waals surface area contributed by atoms with E-state index in [-0.39, 0.29) is 4.83 Å². The molecule has 0 bridgehead atoms. The second-order valence-electron chi connectivity index (χ2n) is 4.55. The Hall–Kier alpha value is -0.440. The van der Waals surface area contributed by atoms with Crippen molar-refractivity contribution in [1.29, 1.82) is 0 Å². The average molecular weight is 289 g/mol. The highest BCUT2D eigenvalue weighted by molar-refractivity contribution is 9.09. The highest BCUT2D eigenvalue weighted by atomic mass is 79.9. The van der Waals surface area contributed by atoms with Crippen molar-refractivity contribution in [3.05, 3.63) is 35.4 Å². The monoisotopic (exact) mass is 288 g/mol. The Labute approximate surface area is 103 Å². The van der Waals surface area contributed by atoms with E-state index in [1.807, 2.05) is 0 Å². The number of hydrogen-bond donors (Lipinski definition) is 0. The van der Waals surface area contributed by atoms with E-state index in [0.29, 0.717) is 12.0 Å². The van der Waals surface area contributed by atoms with Crippen LogP contribution in [0.3, 0.4) is 0 Å². The van der Waals surface area contributed by atoms with Crippen LogP contribution < -0.4 is 0 Å². The molecule has 0 heterocycles. The summed E-state index contributed by atoms with van der Waals surface area (Å²) in [6, 6.07) is 4.39. The van der Waals surface area contributed by atoms with E-state index in [1.165, 1.54) is 19.3 Å². The molecule has 3 heteroatoms. The molecular weight excluding hydrogens is 274 g/mol. The molecule has 1 saturated carbocycles. The minimum atomic E-state index is -0.749. The molecule has 1 aromatic rings. The Balaban J connectivity index is 1.94. The van der Waals surface area contributed by atoms with Crippen LogP contribution in [0.5, 0.6) is 0 Å². The van der Waals surface area contributed by atoms with Gasteiger partial charge >= 0.3 is 0 Å². The summed E-state index contributed by atoms with van der Waals surface area (Å²) < 4.78 is 26.4. The Bertz CT molecular complexity index is 361. The largest absolute Gasteiger partial charge is 0.204 e. The molecule has 1 aromatic carbocycles. The predicted molar refractivity (Wildman–Crippen MR) is 64.7 cm³/mol. The van der Waals surface area contributed by atoms with Gasteiger partial charge in [0.1, 0.15) is 0 Å². The number of benzene rings is 1. The standard InChI is InChI=1S/C13H15BrF2/c14-11(7-9-3-1-4-9)8-10-5-2-6-12(15)13(10)16/h2,5-6,9,11H,1,3-4,7-8H2. The van der Waals surface area contributed by atoms with Gasteiger partial charge < -0.3 is 0 Å². The molecule has 2 rings (SSSR count). The fourth-order valence-corrected chi connectivity index (χ4v) is 3.00. The normalized spacial score (nSPS) is 18.2. The maximum atomic E-state index is 13.4. The molecule has 0 nitrogen and oxygen atoms in total. The van der Waals surface area contributed by atoms with Crippen LogP contribution in [0, 0.1) is 17.6 Å². The van der Waals surface area contributed by atoms with Gasteiger partial charge in [0.15, 0.2) is 11.6 Å². The van der Waals surface area contributed by atoms with Crippen molar-refractivity contribution in [2.45, 2.75) is 36.9 Å². The summed E-state index contributed by atoms with van der Waals surface area (Å²) in [7, 11) is 0. The topological polar surface area (TPSA) is 0 Å². The van der Waals surface area contributed by atoms with E-state index < -0.39 is 11.6 Å². The molecule has 0 aliphatic heterocycles. The van der Waals surface area contributed by atoms with Gasteiger partial charge in [-0.05, 0) is 30.4 Å². The van der Waals surface area contributed by atoms with Crippen LogP contribution in [0.15, 0.2) is 18.2 Å². The number of hydrogen-bond acceptors (Lipinski definition) is 0. The van der Waals surface area contributed by atoms with Crippen molar-refractivity contribution < 1.29 is 8.78 Å². The zero-order valence-electron chi connectivity index (χ0n) is 9.06. The zero-order valence-corrected chi connectivity index (χ0v) is 10.6. The first-order valence-electron chi connectivity index (χ1n) is 5.73. The van der Waals surface area contributed by atoms with E-state index in [0.717, 1.165) is 18.4 Å². The lowest BCUT2D eigenvalue weighted by Crippen LogP contribution is -2.17. The number of halogens is 3. The SMILES string of the molecule is Fc1cccc(CC(Br)CC2CCC2)c1F. The van der Waals surface area contributed by atoms with Gasteiger partial charge in [-0.2, -0.15) is 0 Å². The first-order chi connectivity index (χ1) is 7.66. The third-order valence-corrected chi connectivity index (χ3v) is 3.98. The molecule has 16 heavy (non-hydrogen) atoms. The quantitative estimate of drug-likeness (QED) is 0.718. The van der Waals surface area contributed by atoms with Crippen LogP contribution in [0.2, 0.25) is 0 Å². The first kappa shape index (κ1) is 12.0. The lowest BCUT2D eigenvalue weighted by molar-refractivity contribution is 0.294. The van der Waals surface area contributed by atoms with Gasteiger partial charge in [0, 0.05) is 4.83 Å².